The molecule has 1 rings (SSSR count). The Hall–Kier alpha value is 0.310. The molecule has 1 aliphatic rings. The number of thioether (sulfide) groups is 1. The molecule has 0 aromatic carbocycles. The van der Waals surface area contributed by atoms with E-state index in [1.807, 2.05) is 18.8 Å². The molecule has 19 heavy (non-hydrogen) atoms. The summed E-state index contributed by atoms with van der Waals surface area (Å²) in [5.74, 6) is 0.929. The van der Waals surface area contributed by atoms with Gasteiger partial charge in [0.1, 0.15) is 0 Å². The Morgan fingerprint density at radius 2 is 2.21 bits per heavy atom. The first-order valence-electron chi connectivity index (χ1n) is 6.92. The number of hydrogen-bond acceptors (Lipinski definition) is 3. The lowest BCUT2D eigenvalue weighted by Crippen LogP contribution is -2.45. The van der Waals surface area contributed by atoms with E-state index in [1.165, 1.54) is 19.4 Å². The first kappa shape index (κ1) is 19.3. The highest BCUT2D eigenvalue weighted by atomic mass is 127. The molecular weight excluding hydrogens is 371 g/mol. The van der Waals surface area contributed by atoms with Gasteiger partial charge in [0.25, 0.3) is 0 Å². The third-order valence-electron chi connectivity index (χ3n) is 3.59. The van der Waals surface area contributed by atoms with Gasteiger partial charge in [-0.25, -0.2) is 0 Å². The Morgan fingerprint density at radius 1 is 1.47 bits per heavy atom. The highest BCUT2D eigenvalue weighted by Crippen LogP contribution is 2.15. The van der Waals surface area contributed by atoms with E-state index >= 15 is 0 Å². The molecule has 0 radical (unpaired) electrons. The van der Waals surface area contributed by atoms with Crippen LogP contribution in [0.25, 0.3) is 0 Å². The summed E-state index contributed by atoms with van der Waals surface area (Å²) in [6.45, 7) is 8.83. The summed E-state index contributed by atoms with van der Waals surface area (Å²) in [7, 11) is 1.84. The van der Waals surface area contributed by atoms with Gasteiger partial charge in [0.2, 0.25) is 0 Å². The zero-order valence-corrected chi connectivity index (χ0v) is 15.8. The highest BCUT2D eigenvalue weighted by molar-refractivity contribution is 14.0. The van der Waals surface area contributed by atoms with Gasteiger partial charge in [-0.1, -0.05) is 13.8 Å². The highest BCUT2D eigenvalue weighted by Gasteiger charge is 2.22. The fourth-order valence-electron chi connectivity index (χ4n) is 2.30. The van der Waals surface area contributed by atoms with Gasteiger partial charge in [-0.2, -0.15) is 11.8 Å². The minimum absolute atomic E-state index is 0. The summed E-state index contributed by atoms with van der Waals surface area (Å²) < 4.78 is 0. The lowest BCUT2D eigenvalue weighted by Gasteiger charge is -2.24. The van der Waals surface area contributed by atoms with Crippen molar-refractivity contribution in [3.8, 4) is 0 Å². The van der Waals surface area contributed by atoms with Crippen molar-refractivity contribution in [1.29, 1.82) is 0 Å². The number of likely N-dealkylation sites (tertiary alicyclic amines) is 1. The van der Waals surface area contributed by atoms with Crippen LogP contribution in [0.5, 0.6) is 0 Å². The Balaban J connectivity index is 0.00000324. The largest absolute Gasteiger partial charge is 0.355 e. The number of aliphatic imine (C=N–C) groups is 1. The average molecular weight is 400 g/mol. The molecule has 6 heteroatoms. The lowest BCUT2D eigenvalue weighted by molar-refractivity contribution is 0.267. The maximum absolute atomic E-state index is 4.27. The molecule has 0 spiro atoms. The first-order chi connectivity index (χ1) is 8.71. The molecule has 4 nitrogen and oxygen atoms in total. The topological polar surface area (TPSA) is 39.7 Å². The fraction of sp³-hybridized carbons (Fsp3) is 0.923. The molecule has 1 heterocycles. The number of nitrogens with zero attached hydrogens (tertiary/aromatic N) is 2. The van der Waals surface area contributed by atoms with Crippen molar-refractivity contribution in [2.75, 3.05) is 39.5 Å². The minimum atomic E-state index is 0. The molecule has 2 N–H and O–H groups in total. The van der Waals surface area contributed by atoms with Crippen molar-refractivity contribution in [2.45, 2.75) is 38.0 Å². The Morgan fingerprint density at radius 3 is 2.79 bits per heavy atom. The number of nitrogens with one attached hydrogen (secondary N) is 2. The van der Waals surface area contributed by atoms with Crippen LogP contribution in [0.15, 0.2) is 4.99 Å². The molecule has 114 valence electrons. The Kier molecular flexibility index (Phi) is 11.2. The third-order valence-corrected chi connectivity index (χ3v) is 4.56. The lowest BCUT2D eigenvalue weighted by atomic mass is 10.2. The number of hydrogen-bond donors (Lipinski definition) is 2. The van der Waals surface area contributed by atoms with Gasteiger partial charge in [-0.3, -0.25) is 9.89 Å². The normalized spacial score (nSPS) is 21.9. The standard InChI is InChI=1S/C13H28N4S.HI/c1-5-17-8-6-7-12(17)10-16-13(14-3)15-9-11(2)18-4;/h11-12H,5-10H2,1-4H3,(H2,14,15,16);1H. The van der Waals surface area contributed by atoms with E-state index in [1.54, 1.807) is 0 Å². The SMILES string of the molecule is CCN1CCCC1CNC(=NC)NCC(C)SC.I. The van der Waals surface area contributed by atoms with Crippen LogP contribution in [0.4, 0.5) is 0 Å². The molecule has 2 unspecified atom stereocenters. The van der Waals surface area contributed by atoms with Crippen LogP contribution < -0.4 is 10.6 Å². The van der Waals surface area contributed by atoms with Crippen molar-refractivity contribution in [1.82, 2.24) is 15.5 Å². The minimum Gasteiger partial charge on any atom is -0.355 e. The molecule has 1 fully saturated rings. The summed E-state index contributed by atoms with van der Waals surface area (Å²) in [6, 6.07) is 0.673. The molecule has 2 atom stereocenters. The maximum atomic E-state index is 4.27. The van der Waals surface area contributed by atoms with Crippen LogP contribution in [-0.4, -0.2) is 61.6 Å². The van der Waals surface area contributed by atoms with Gasteiger partial charge in [0, 0.05) is 31.4 Å². The quantitative estimate of drug-likeness (QED) is 0.407. The van der Waals surface area contributed by atoms with Crippen LogP contribution >= 0.6 is 35.7 Å². The van der Waals surface area contributed by atoms with E-state index in [0.717, 1.165) is 25.6 Å². The van der Waals surface area contributed by atoms with E-state index < -0.39 is 0 Å². The van der Waals surface area contributed by atoms with E-state index in [0.29, 0.717) is 11.3 Å². The Bertz CT molecular complexity index is 263. The average Bonchev–Trinajstić information content (AvgIpc) is 2.86. The predicted molar refractivity (Wildman–Crippen MR) is 98.0 cm³/mol. The van der Waals surface area contributed by atoms with E-state index in [9.17, 15) is 0 Å². The van der Waals surface area contributed by atoms with E-state index in [-0.39, 0.29) is 24.0 Å². The molecular formula is C13H29IN4S. The molecule has 1 saturated heterocycles. The van der Waals surface area contributed by atoms with Crippen molar-refractivity contribution >= 4 is 41.7 Å². The summed E-state index contributed by atoms with van der Waals surface area (Å²) in [4.78, 5) is 6.82. The van der Waals surface area contributed by atoms with E-state index in [2.05, 4.69) is 40.6 Å². The second-order valence-corrected chi connectivity index (χ2v) is 6.08. The van der Waals surface area contributed by atoms with Gasteiger partial charge in [0.05, 0.1) is 0 Å². The summed E-state index contributed by atoms with van der Waals surface area (Å²) >= 11 is 1.87. The van der Waals surface area contributed by atoms with Gasteiger partial charge < -0.3 is 10.6 Å². The molecule has 1 aliphatic heterocycles. The predicted octanol–water partition coefficient (Wildman–Crippen LogP) is 2.01. The number of guanidine groups is 1. The van der Waals surface area contributed by atoms with Crippen molar-refractivity contribution in [3.63, 3.8) is 0 Å². The molecule has 0 aromatic heterocycles. The van der Waals surface area contributed by atoms with Gasteiger partial charge in [0.15, 0.2) is 5.96 Å². The Labute approximate surface area is 139 Å². The van der Waals surface area contributed by atoms with Crippen LogP contribution in [0.3, 0.4) is 0 Å². The molecule has 0 amide bonds. The summed E-state index contributed by atoms with van der Waals surface area (Å²) in [5, 5.41) is 7.43. The number of halogens is 1. The van der Waals surface area contributed by atoms with Crippen LogP contribution in [-0.2, 0) is 0 Å². The van der Waals surface area contributed by atoms with Gasteiger partial charge in [-0.05, 0) is 32.2 Å². The summed E-state index contributed by atoms with van der Waals surface area (Å²) in [6.07, 6.45) is 4.77. The molecule has 0 aliphatic carbocycles. The maximum Gasteiger partial charge on any atom is 0.191 e. The second-order valence-electron chi connectivity index (χ2n) is 4.80. The number of rotatable bonds is 6. The van der Waals surface area contributed by atoms with Crippen LogP contribution in [0, 0.1) is 0 Å². The summed E-state index contributed by atoms with van der Waals surface area (Å²) in [5.41, 5.74) is 0. The fourth-order valence-corrected chi connectivity index (χ4v) is 2.55. The second kappa shape index (κ2) is 11.0. The van der Waals surface area contributed by atoms with Crippen molar-refractivity contribution in [3.05, 3.63) is 0 Å². The van der Waals surface area contributed by atoms with Crippen LogP contribution in [0.2, 0.25) is 0 Å². The van der Waals surface area contributed by atoms with E-state index in [4.69, 9.17) is 0 Å². The zero-order valence-electron chi connectivity index (χ0n) is 12.6. The molecule has 0 aromatic rings. The first-order valence-corrected chi connectivity index (χ1v) is 8.21. The monoisotopic (exact) mass is 400 g/mol. The van der Waals surface area contributed by atoms with Gasteiger partial charge in [-0.15, -0.1) is 24.0 Å². The van der Waals surface area contributed by atoms with Crippen LogP contribution in [0.1, 0.15) is 26.7 Å². The molecule has 0 saturated carbocycles. The zero-order chi connectivity index (χ0) is 13.4. The van der Waals surface area contributed by atoms with Crippen molar-refractivity contribution in [2.24, 2.45) is 4.99 Å². The van der Waals surface area contributed by atoms with Gasteiger partial charge >= 0.3 is 0 Å². The molecule has 0 bridgehead atoms. The number of likely N-dealkylation sites (N-methyl/N-ethyl adjacent to an activating group) is 1. The smallest absolute Gasteiger partial charge is 0.191 e. The van der Waals surface area contributed by atoms with Crippen molar-refractivity contribution < 1.29 is 0 Å². The third kappa shape index (κ3) is 7.04.